The molecule has 0 saturated carbocycles. The highest BCUT2D eigenvalue weighted by Crippen LogP contribution is 2.27. The number of hydrogen-bond acceptors (Lipinski definition) is 4. The van der Waals surface area contributed by atoms with Gasteiger partial charge in [0.25, 0.3) is 0 Å². The van der Waals surface area contributed by atoms with Crippen molar-refractivity contribution in [2.45, 2.75) is 39.9 Å². The minimum atomic E-state index is -0.838. The van der Waals surface area contributed by atoms with E-state index >= 15 is 0 Å². The number of thiazole rings is 1. The molecular weight excluding hydrogens is 258 g/mol. The van der Waals surface area contributed by atoms with Gasteiger partial charge in [-0.25, -0.2) is 4.98 Å². The van der Waals surface area contributed by atoms with Gasteiger partial charge in [-0.3, -0.25) is 0 Å². The Hall–Kier alpha value is -1.39. The molecule has 0 aliphatic carbocycles. The van der Waals surface area contributed by atoms with Gasteiger partial charge in [0, 0.05) is 6.20 Å². The predicted octanol–water partition coefficient (Wildman–Crippen LogP) is 3.57. The zero-order valence-electron chi connectivity index (χ0n) is 11.7. The van der Waals surface area contributed by atoms with Crippen molar-refractivity contribution in [1.82, 2.24) is 4.98 Å². The van der Waals surface area contributed by atoms with E-state index in [2.05, 4.69) is 17.1 Å². The molecule has 1 aromatic carbocycles. The molecule has 1 N–H and O–H groups in total. The van der Waals surface area contributed by atoms with E-state index in [1.54, 1.807) is 20.0 Å². The zero-order valence-corrected chi connectivity index (χ0v) is 12.5. The van der Waals surface area contributed by atoms with Gasteiger partial charge in [0.2, 0.25) is 0 Å². The molecule has 3 nitrogen and oxygen atoms in total. The Kier molecular flexibility index (Phi) is 3.92. The van der Waals surface area contributed by atoms with E-state index in [4.69, 9.17) is 4.74 Å². The van der Waals surface area contributed by atoms with E-state index in [1.165, 1.54) is 16.9 Å². The third-order valence-corrected chi connectivity index (χ3v) is 4.14. The SMILES string of the molecule is Cc1ccc(C)c(OCc2ncc(C(C)(C)O)s2)c1. The summed E-state index contributed by atoms with van der Waals surface area (Å²) in [6.45, 7) is 8.03. The third-order valence-electron chi connectivity index (χ3n) is 2.85. The van der Waals surface area contributed by atoms with Crippen LogP contribution in [-0.2, 0) is 12.2 Å². The van der Waals surface area contributed by atoms with Crippen molar-refractivity contribution in [3.63, 3.8) is 0 Å². The molecule has 1 heterocycles. The largest absolute Gasteiger partial charge is 0.486 e. The Balaban J connectivity index is 2.06. The van der Waals surface area contributed by atoms with Crippen LogP contribution in [0.2, 0.25) is 0 Å². The lowest BCUT2D eigenvalue weighted by Crippen LogP contribution is -2.12. The Morgan fingerprint density at radius 2 is 2.05 bits per heavy atom. The van der Waals surface area contributed by atoms with Crippen LogP contribution in [0.1, 0.15) is 34.9 Å². The number of aromatic nitrogens is 1. The van der Waals surface area contributed by atoms with Crippen LogP contribution in [0, 0.1) is 13.8 Å². The summed E-state index contributed by atoms with van der Waals surface area (Å²) in [5.74, 6) is 0.889. The lowest BCUT2D eigenvalue weighted by Gasteiger charge is -2.13. The molecule has 2 aromatic rings. The van der Waals surface area contributed by atoms with Crippen LogP contribution in [0.4, 0.5) is 0 Å². The number of ether oxygens (including phenoxy) is 1. The number of hydrogen-bond donors (Lipinski definition) is 1. The Bertz CT molecular complexity index is 570. The Labute approximate surface area is 117 Å². The van der Waals surface area contributed by atoms with Crippen LogP contribution < -0.4 is 4.74 Å². The van der Waals surface area contributed by atoms with Crippen molar-refractivity contribution < 1.29 is 9.84 Å². The fourth-order valence-electron chi connectivity index (χ4n) is 1.66. The van der Waals surface area contributed by atoms with Gasteiger partial charge in [-0.2, -0.15) is 0 Å². The predicted molar refractivity (Wildman–Crippen MR) is 77.6 cm³/mol. The normalized spacial score (nSPS) is 11.6. The van der Waals surface area contributed by atoms with Crippen LogP contribution in [0.5, 0.6) is 5.75 Å². The fraction of sp³-hybridized carbons (Fsp3) is 0.400. The molecule has 102 valence electrons. The van der Waals surface area contributed by atoms with Crippen LogP contribution in [-0.4, -0.2) is 10.1 Å². The Morgan fingerprint density at radius 1 is 1.32 bits per heavy atom. The second kappa shape index (κ2) is 5.31. The first kappa shape index (κ1) is 14.0. The van der Waals surface area contributed by atoms with Crippen molar-refractivity contribution in [3.05, 3.63) is 45.4 Å². The third kappa shape index (κ3) is 3.55. The molecule has 0 saturated heterocycles. The number of nitrogens with zero attached hydrogens (tertiary/aromatic N) is 1. The second-order valence-corrected chi connectivity index (χ2v) is 6.35. The molecule has 0 unspecified atom stereocenters. The van der Waals surface area contributed by atoms with Gasteiger partial charge in [-0.1, -0.05) is 12.1 Å². The molecule has 0 aliphatic rings. The van der Waals surface area contributed by atoms with Crippen LogP contribution in [0.3, 0.4) is 0 Å². The molecular formula is C15H19NO2S. The van der Waals surface area contributed by atoms with E-state index in [9.17, 15) is 5.11 Å². The van der Waals surface area contributed by atoms with Gasteiger partial charge in [0.1, 0.15) is 17.4 Å². The molecule has 0 spiro atoms. The molecule has 0 atom stereocenters. The van der Waals surface area contributed by atoms with Crippen LogP contribution in [0.15, 0.2) is 24.4 Å². The van der Waals surface area contributed by atoms with E-state index < -0.39 is 5.60 Å². The average Bonchev–Trinajstić information content (AvgIpc) is 2.79. The van der Waals surface area contributed by atoms with Crippen LogP contribution >= 0.6 is 11.3 Å². The van der Waals surface area contributed by atoms with Gasteiger partial charge < -0.3 is 9.84 Å². The maximum Gasteiger partial charge on any atom is 0.140 e. The summed E-state index contributed by atoms with van der Waals surface area (Å²) in [5, 5.41) is 10.8. The molecule has 0 bridgehead atoms. The van der Waals surface area contributed by atoms with E-state index in [1.807, 2.05) is 19.9 Å². The summed E-state index contributed by atoms with van der Waals surface area (Å²) in [5.41, 5.74) is 1.46. The Morgan fingerprint density at radius 3 is 2.68 bits per heavy atom. The first-order valence-corrected chi connectivity index (χ1v) is 7.05. The first-order chi connectivity index (χ1) is 8.86. The number of aliphatic hydroxyl groups is 1. The highest BCUT2D eigenvalue weighted by Gasteiger charge is 2.19. The van der Waals surface area contributed by atoms with Gasteiger partial charge in [-0.15, -0.1) is 11.3 Å². The topological polar surface area (TPSA) is 42.4 Å². The summed E-state index contributed by atoms with van der Waals surface area (Å²) >= 11 is 1.48. The summed E-state index contributed by atoms with van der Waals surface area (Å²) in [7, 11) is 0. The molecule has 0 radical (unpaired) electrons. The van der Waals surface area contributed by atoms with Crippen molar-refractivity contribution in [3.8, 4) is 5.75 Å². The summed E-state index contributed by atoms with van der Waals surface area (Å²) in [6, 6.07) is 6.15. The second-order valence-electron chi connectivity index (χ2n) is 5.23. The molecule has 0 aliphatic heterocycles. The quantitative estimate of drug-likeness (QED) is 0.929. The van der Waals surface area contributed by atoms with Gasteiger partial charge in [0.15, 0.2) is 0 Å². The number of aryl methyl sites for hydroxylation is 2. The van der Waals surface area contributed by atoms with E-state index in [0.717, 1.165) is 21.2 Å². The van der Waals surface area contributed by atoms with Gasteiger partial charge in [0.05, 0.1) is 10.5 Å². The molecule has 19 heavy (non-hydrogen) atoms. The minimum absolute atomic E-state index is 0.436. The monoisotopic (exact) mass is 277 g/mol. The number of benzene rings is 1. The van der Waals surface area contributed by atoms with Crippen molar-refractivity contribution in [2.24, 2.45) is 0 Å². The fourth-order valence-corrected chi connectivity index (χ4v) is 2.49. The van der Waals surface area contributed by atoms with Gasteiger partial charge >= 0.3 is 0 Å². The molecule has 2 rings (SSSR count). The zero-order chi connectivity index (χ0) is 14.0. The summed E-state index contributed by atoms with van der Waals surface area (Å²) in [4.78, 5) is 5.14. The van der Waals surface area contributed by atoms with Gasteiger partial charge in [-0.05, 0) is 44.9 Å². The lowest BCUT2D eigenvalue weighted by molar-refractivity contribution is 0.0823. The summed E-state index contributed by atoms with van der Waals surface area (Å²) in [6.07, 6.45) is 1.71. The number of rotatable bonds is 4. The van der Waals surface area contributed by atoms with Crippen LogP contribution in [0.25, 0.3) is 0 Å². The molecule has 0 amide bonds. The summed E-state index contributed by atoms with van der Waals surface area (Å²) < 4.78 is 5.80. The molecule has 4 heteroatoms. The van der Waals surface area contributed by atoms with Crippen molar-refractivity contribution >= 4 is 11.3 Å². The van der Waals surface area contributed by atoms with Crippen molar-refractivity contribution in [1.29, 1.82) is 0 Å². The van der Waals surface area contributed by atoms with E-state index in [-0.39, 0.29) is 0 Å². The van der Waals surface area contributed by atoms with E-state index in [0.29, 0.717) is 6.61 Å². The highest BCUT2D eigenvalue weighted by atomic mass is 32.1. The maximum atomic E-state index is 9.90. The smallest absolute Gasteiger partial charge is 0.140 e. The minimum Gasteiger partial charge on any atom is -0.486 e. The average molecular weight is 277 g/mol. The molecule has 0 fully saturated rings. The first-order valence-electron chi connectivity index (χ1n) is 6.24. The molecule has 1 aromatic heterocycles. The maximum absolute atomic E-state index is 9.90. The highest BCUT2D eigenvalue weighted by molar-refractivity contribution is 7.11. The van der Waals surface area contributed by atoms with Crippen molar-refractivity contribution in [2.75, 3.05) is 0 Å². The lowest BCUT2D eigenvalue weighted by atomic mass is 10.1. The standard InChI is InChI=1S/C15H19NO2S/c1-10-5-6-11(2)12(7-10)18-9-14-16-8-13(19-14)15(3,4)17/h5-8,17H,9H2,1-4H3.